The van der Waals surface area contributed by atoms with E-state index in [0.29, 0.717) is 31.2 Å². The van der Waals surface area contributed by atoms with E-state index in [2.05, 4.69) is 15.2 Å². The van der Waals surface area contributed by atoms with E-state index in [-0.39, 0.29) is 6.16 Å². The second-order valence-electron chi connectivity index (χ2n) is 7.68. The summed E-state index contributed by atoms with van der Waals surface area (Å²) in [4.78, 5) is 11.6. The van der Waals surface area contributed by atoms with Gasteiger partial charge in [-0.15, -0.1) is 0 Å². The number of hydrogen-bond acceptors (Lipinski definition) is 8. The van der Waals surface area contributed by atoms with Crippen molar-refractivity contribution in [2.24, 2.45) is 0 Å². The average Bonchev–Trinajstić information content (AvgIpc) is 3.23. The molecule has 1 aliphatic heterocycles. The van der Waals surface area contributed by atoms with Gasteiger partial charge in [-0.25, -0.2) is 9.97 Å². The zero-order chi connectivity index (χ0) is 20.7. The minimum absolute atomic E-state index is 0.0848. The van der Waals surface area contributed by atoms with Gasteiger partial charge in [0.05, 0.1) is 19.3 Å². The monoisotopic (exact) mass is 426 g/mol. The van der Waals surface area contributed by atoms with Crippen molar-refractivity contribution in [2.45, 2.75) is 70.7 Å². The Labute approximate surface area is 174 Å². The molecule has 1 saturated carbocycles. The van der Waals surface area contributed by atoms with Gasteiger partial charge in [-0.3, -0.25) is 4.57 Å². The predicted octanol–water partition coefficient (Wildman–Crippen LogP) is 4.21. The molecule has 0 unspecified atom stereocenters. The van der Waals surface area contributed by atoms with Crippen LogP contribution in [0, 0.1) is 0 Å². The third-order valence-electron chi connectivity index (χ3n) is 5.54. The largest absolute Gasteiger partial charge is 0.381 e. The molecule has 0 amide bonds. The maximum absolute atomic E-state index is 13.0. The fourth-order valence-electron chi connectivity index (χ4n) is 4.08. The molecular weight excluding hydrogens is 391 g/mol. The van der Waals surface area contributed by atoms with Crippen molar-refractivity contribution in [3.63, 3.8) is 0 Å². The van der Waals surface area contributed by atoms with Gasteiger partial charge in [0.2, 0.25) is 0 Å². The molecule has 2 heterocycles. The summed E-state index contributed by atoms with van der Waals surface area (Å²) in [7, 11) is -1.47. The van der Waals surface area contributed by atoms with E-state index in [9.17, 15) is 4.57 Å². The third-order valence-corrected chi connectivity index (χ3v) is 7.51. The van der Waals surface area contributed by atoms with E-state index in [1.807, 2.05) is 19.9 Å². The number of rotatable bonds is 10. The lowest BCUT2D eigenvalue weighted by Gasteiger charge is -2.29. The first-order valence-corrected chi connectivity index (χ1v) is 12.6. The lowest BCUT2D eigenvalue weighted by Crippen LogP contribution is -2.30. The Balaban J connectivity index is 1.79. The summed E-state index contributed by atoms with van der Waals surface area (Å²) in [5.74, 6) is 2.19. The summed E-state index contributed by atoms with van der Waals surface area (Å²) in [5.41, 5.74) is 0. The van der Waals surface area contributed by atoms with Crippen LogP contribution in [0.25, 0.3) is 0 Å². The molecule has 1 aromatic rings. The van der Waals surface area contributed by atoms with Crippen molar-refractivity contribution in [3.05, 3.63) is 11.9 Å². The van der Waals surface area contributed by atoms with Gasteiger partial charge in [-0.2, -0.15) is 0 Å². The smallest absolute Gasteiger partial charge is 0.338 e. The van der Waals surface area contributed by atoms with Gasteiger partial charge < -0.3 is 24.0 Å². The number of ether oxygens (including phenoxy) is 1. The Morgan fingerprint density at radius 1 is 1.10 bits per heavy atom. The van der Waals surface area contributed by atoms with E-state index in [1.165, 1.54) is 12.8 Å². The van der Waals surface area contributed by atoms with Crippen LogP contribution >= 0.6 is 7.60 Å². The van der Waals surface area contributed by atoms with Crippen molar-refractivity contribution in [2.75, 3.05) is 43.6 Å². The summed E-state index contributed by atoms with van der Waals surface area (Å²) in [5, 5.41) is 3.57. The van der Waals surface area contributed by atoms with E-state index in [4.69, 9.17) is 18.8 Å². The molecule has 0 atom stereocenters. The maximum atomic E-state index is 13.0. The molecule has 0 radical (unpaired) electrons. The molecule has 1 N–H and O–H groups in total. The fourth-order valence-corrected chi connectivity index (χ4v) is 5.61. The third kappa shape index (κ3) is 6.38. The molecule has 9 heteroatoms. The Bertz CT molecular complexity index is 681. The Morgan fingerprint density at radius 3 is 2.34 bits per heavy atom. The summed E-state index contributed by atoms with van der Waals surface area (Å²) in [6, 6.07) is 2.38. The van der Waals surface area contributed by atoms with Crippen molar-refractivity contribution < 1.29 is 18.3 Å². The standard InChI is InChI=1S/C20H35N4O4P/c1-4-27-29(25,28-5-2)15-19-22-18(14-20(23-19)24-12-6-7-13-24)21-16-8-10-17(26-3)11-9-16/h14,16-17H,4-13,15H2,1-3H3,(H,21,22,23)/t16-,17-. The van der Waals surface area contributed by atoms with Crippen LogP contribution in [0.4, 0.5) is 11.6 Å². The number of nitrogens with zero attached hydrogens (tertiary/aromatic N) is 3. The zero-order valence-electron chi connectivity index (χ0n) is 17.9. The van der Waals surface area contributed by atoms with Gasteiger partial charge in [0.1, 0.15) is 23.6 Å². The van der Waals surface area contributed by atoms with Crippen LogP contribution in [-0.2, 0) is 24.5 Å². The summed E-state index contributed by atoms with van der Waals surface area (Å²) >= 11 is 0. The first-order chi connectivity index (χ1) is 14.0. The van der Waals surface area contributed by atoms with Crippen LogP contribution < -0.4 is 10.2 Å². The van der Waals surface area contributed by atoms with Crippen molar-refractivity contribution in [1.82, 2.24) is 9.97 Å². The topological polar surface area (TPSA) is 85.8 Å². The molecule has 3 rings (SSSR count). The molecule has 1 aromatic heterocycles. The first-order valence-electron chi connectivity index (χ1n) is 10.9. The van der Waals surface area contributed by atoms with Crippen LogP contribution in [0.2, 0.25) is 0 Å². The Morgan fingerprint density at radius 2 is 1.76 bits per heavy atom. The highest BCUT2D eigenvalue weighted by atomic mass is 31.2. The number of methoxy groups -OCH3 is 1. The first kappa shape index (κ1) is 22.5. The fraction of sp³-hybridized carbons (Fsp3) is 0.800. The molecule has 8 nitrogen and oxygen atoms in total. The van der Waals surface area contributed by atoms with Crippen LogP contribution in [0.5, 0.6) is 0 Å². The minimum atomic E-state index is -3.26. The molecule has 1 aliphatic carbocycles. The van der Waals surface area contributed by atoms with Crippen molar-refractivity contribution in [1.29, 1.82) is 0 Å². The molecule has 1 saturated heterocycles. The molecule has 164 valence electrons. The number of aromatic nitrogens is 2. The van der Waals surface area contributed by atoms with Crippen LogP contribution in [0.15, 0.2) is 6.07 Å². The lowest BCUT2D eigenvalue weighted by molar-refractivity contribution is 0.0681. The molecule has 0 aromatic carbocycles. The highest BCUT2D eigenvalue weighted by Crippen LogP contribution is 2.50. The maximum Gasteiger partial charge on any atom is 0.338 e. The second-order valence-corrected chi connectivity index (χ2v) is 9.73. The SMILES string of the molecule is CCOP(=O)(Cc1nc(N[C@H]2CC[C@H](OC)CC2)cc(N2CCCC2)n1)OCC. The summed E-state index contributed by atoms with van der Waals surface area (Å²) in [6.07, 6.45) is 6.97. The van der Waals surface area contributed by atoms with E-state index >= 15 is 0 Å². The summed E-state index contributed by atoms with van der Waals surface area (Å²) < 4.78 is 29.4. The lowest BCUT2D eigenvalue weighted by atomic mass is 9.93. The van der Waals surface area contributed by atoms with Gasteiger partial charge in [0.15, 0.2) is 0 Å². The van der Waals surface area contributed by atoms with Crippen LogP contribution in [0.1, 0.15) is 58.2 Å². The van der Waals surface area contributed by atoms with E-state index in [0.717, 1.165) is 50.4 Å². The molecule has 0 spiro atoms. The molecule has 2 fully saturated rings. The van der Waals surface area contributed by atoms with Gasteiger partial charge in [-0.05, 0) is 52.4 Å². The quantitative estimate of drug-likeness (QED) is 0.557. The Hall–Kier alpha value is -1.21. The van der Waals surface area contributed by atoms with E-state index < -0.39 is 7.60 Å². The average molecular weight is 426 g/mol. The van der Waals surface area contributed by atoms with Crippen molar-refractivity contribution in [3.8, 4) is 0 Å². The molecular formula is C20H35N4O4P. The zero-order valence-corrected chi connectivity index (χ0v) is 18.8. The second kappa shape index (κ2) is 10.7. The highest BCUT2D eigenvalue weighted by molar-refractivity contribution is 7.53. The normalized spacial score (nSPS) is 22.8. The van der Waals surface area contributed by atoms with Gasteiger partial charge in [0.25, 0.3) is 0 Å². The van der Waals surface area contributed by atoms with Crippen LogP contribution in [0.3, 0.4) is 0 Å². The van der Waals surface area contributed by atoms with Gasteiger partial charge in [-0.1, -0.05) is 0 Å². The molecule has 2 aliphatic rings. The molecule has 0 bridgehead atoms. The van der Waals surface area contributed by atoms with E-state index in [1.54, 1.807) is 7.11 Å². The molecule has 29 heavy (non-hydrogen) atoms. The number of hydrogen-bond donors (Lipinski definition) is 1. The summed E-state index contributed by atoms with van der Waals surface area (Å²) in [6.45, 7) is 6.27. The predicted molar refractivity (Wildman–Crippen MR) is 115 cm³/mol. The highest BCUT2D eigenvalue weighted by Gasteiger charge is 2.28. The number of nitrogens with one attached hydrogen (secondary N) is 1. The minimum Gasteiger partial charge on any atom is -0.381 e. The van der Waals surface area contributed by atoms with Gasteiger partial charge in [0, 0.05) is 32.3 Å². The Kier molecular flexibility index (Phi) is 8.30. The van der Waals surface area contributed by atoms with Crippen molar-refractivity contribution >= 4 is 19.2 Å². The number of anilines is 2. The van der Waals surface area contributed by atoms with Gasteiger partial charge >= 0.3 is 7.60 Å². The van der Waals surface area contributed by atoms with Crippen LogP contribution in [-0.4, -0.2) is 55.5 Å².